The van der Waals surface area contributed by atoms with Crippen molar-refractivity contribution in [2.24, 2.45) is 0 Å². The van der Waals surface area contributed by atoms with E-state index in [1.54, 1.807) is 32.9 Å². The SMILES string of the molecule is Cc1ccc(OCC(=O)OC(C)(C)C)cc1CN(C=O)C1CCC(=O)NC1=O. The quantitative estimate of drug-likeness (QED) is 0.430. The number of ether oxygens (including phenoxy) is 2. The first-order chi connectivity index (χ1) is 13.1. The van der Waals surface area contributed by atoms with E-state index in [1.165, 1.54) is 4.90 Å². The minimum atomic E-state index is -0.694. The number of amides is 3. The fourth-order valence-corrected chi connectivity index (χ4v) is 2.84. The number of esters is 1. The van der Waals surface area contributed by atoms with Crippen molar-refractivity contribution in [2.75, 3.05) is 6.61 Å². The van der Waals surface area contributed by atoms with Crippen LogP contribution in [0.15, 0.2) is 18.2 Å². The van der Waals surface area contributed by atoms with Gasteiger partial charge in [0.05, 0.1) is 0 Å². The van der Waals surface area contributed by atoms with E-state index < -0.39 is 23.5 Å². The number of nitrogens with one attached hydrogen (secondary N) is 1. The average Bonchev–Trinajstić information content (AvgIpc) is 2.59. The van der Waals surface area contributed by atoms with Crippen LogP contribution >= 0.6 is 0 Å². The molecule has 0 spiro atoms. The van der Waals surface area contributed by atoms with Gasteiger partial charge in [0.2, 0.25) is 18.2 Å². The molecule has 3 amide bonds. The topological polar surface area (TPSA) is 102 Å². The van der Waals surface area contributed by atoms with Crippen LogP contribution in [-0.2, 0) is 30.5 Å². The number of carbonyl (C=O) groups excluding carboxylic acids is 4. The Kier molecular flexibility index (Phi) is 6.77. The lowest BCUT2D eigenvalue weighted by molar-refractivity contribution is -0.157. The number of piperidine rings is 1. The van der Waals surface area contributed by atoms with E-state index in [4.69, 9.17) is 9.47 Å². The van der Waals surface area contributed by atoms with Crippen LogP contribution in [0.1, 0.15) is 44.7 Å². The van der Waals surface area contributed by atoms with Gasteiger partial charge in [-0.25, -0.2) is 4.79 Å². The molecule has 8 nitrogen and oxygen atoms in total. The molecule has 0 radical (unpaired) electrons. The molecule has 2 rings (SSSR count). The van der Waals surface area contributed by atoms with Crippen LogP contribution < -0.4 is 10.1 Å². The van der Waals surface area contributed by atoms with Crippen LogP contribution in [0.2, 0.25) is 0 Å². The first-order valence-electron chi connectivity index (χ1n) is 9.08. The summed E-state index contributed by atoms with van der Waals surface area (Å²) in [6, 6.07) is 4.57. The van der Waals surface area contributed by atoms with Gasteiger partial charge in [0.1, 0.15) is 17.4 Å². The Hall–Kier alpha value is -2.90. The molecule has 8 heteroatoms. The van der Waals surface area contributed by atoms with Crippen molar-refractivity contribution in [3.05, 3.63) is 29.3 Å². The molecule has 152 valence electrons. The van der Waals surface area contributed by atoms with Gasteiger partial charge in [-0.15, -0.1) is 0 Å². The number of nitrogens with zero attached hydrogens (tertiary/aromatic N) is 1. The predicted octanol–water partition coefficient (Wildman–Crippen LogP) is 1.48. The highest BCUT2D eigenvalue weighted by atomic mass is 16.6. The van der Waals surface area contributed by atoms with E-state index in [-0.39, 0.29) is 31.9 Å². The van der Waals surface area contributed by atoms with Crippen LogP contribution in [0.3, 0.4) is 0 Å². The molecule has 28 heavy (non-hydrogen) atoms. The number of imide groups is 1. The summed E-state index contributed by atoms with van der Waals surface area (Å²) in [4.78, 5) is 48.1. The summed E-state index contributed by atoms with van der Waals surface area (Å²) in [5.41, 5.74) is 1.09. The molecule has 1 saturated heterocycles. The molecule has 0 saturated carbocycles. The molecule has 0 bridgehead atoms. The summed E-state index contributed by atoms with van der Waals surface area (Å²) in [6.45, 7) is 7.16. The molecule has 0 aliphatic carbocycles. The molecular weight excluding hydrogens is 364 g/mol. The largest absolute Gasteiger partial charge is 0.482 e. The lowest BCUT2D eigenvalue weighted by atomic mass is 10.0. The third-order valence-corrected chi connectivity index (χ3v) is 4.20. The van der Waals surface area contributed by atoms with Crippen molar-refractivity contribution in [2.45, 2.75) is 58.7 Å². The Bertz CT molecular complexity index is 768. The minimum absolute atomic E-state index is 0.186. The molecule has 1 atom stereocenters. The summed E-state index contributed by atoms with van der Waals surface area (Å²) >= 11 is 0. The summed E-state index contributed by atoms with van der Waals surface area (Å²) in [5.74, 6) is -0.826. The van der Waals surface area contributed by atoms with Gasteiger partial charge in [-0.1, -0.05) is 6.07 Å². The standard InChI is InChI=1S/C20H26N2O6/c1-13-5-6-15(27-11-18(25)28-20(2,3)4)9-14(13)10-22(12-23)16-7-8-17(24)21-19(16)26/h5-6,9,12,16H,7-8,10-11H2,1-4H3,(H,21,24,26). The third kappa shape index (κ3) is 6.07. The van der Waals surface area contributed by atoms with Crippen molar-refractivity contribution < 1.29 is 28.7 Å². The number of rotatable bonds is 7. The van der Waals surface area contributed by atoms with Gasteiger partial charge >= 0.3 is 5.97 Å². The van der Waals surface area contributed by atoms with Gasteiger partial charge in [-0.2, -0.15) is 0 Å². The summed E-state index contributed by atoms with van der Waals surface area (Å²) in [7, 11) is 0. The minimum Gasteiger partial charge on any atom is -0.482 e. The van der Waals surface area contributed by atoms with Crippen LogP contribution in [-0.4, -0.2) is 47.3 Å². The van der Waals surface area contributed by atoms with Gasteiger partial charge in [-0.05, 0) is 57.4 Å². The molecule has 1 aromatic rings. The highest BCUT2D eigenvalue weighted by Crippen LogP contribution is 2.21. The zero-order valence-corrected chi connectivity index (χ0v) is 16.6. The molecular formula is C20H26N2O6. The lowest BCUT2D eigenvalue weighted by Crippen LogP contribution is -2.51. The van der Waals surface area contributed by atoms with E-state index in [0.717, 1.165) is 11.1 Å². The fraction of sp³-hybridized carbons (Fsp3) is 0.500. The number of carbonyl (C=O) groups is 4. The Morgan fingerprint density at radius 1 is 1.32 bits per heavy atom. The smallest absolute Gasteiger partial charge is 0.344 e. The van der Waals surface area contributed by atoms with Gasteiger partial charge < -0.3 is 14.4 Å². The first kappa shape index (κ1) is 21.4. The zero-order valence-electron chi connectivity index (χ0n) is 16.6. The Morgan fingerprint density at radius 2 is 2.04 bits per heavy atom. The predicted molar refractivity (Wildman–Crippen MR) is 100 cm³/mol. The Balaban J connectivity index is 2.05. The molecule has 1 fully saturated rings. The average molecular weight is 390 g/mol. The Labute approximate surface area is 164 Å². The van der Waals surface area contributed by atoms with Gasteiger partial charge in [0.25, 0.3) is 0 Å². The van der Waals surface area contributed by atoms with E-state index in [1.807, 2.05) is 13.0 Å². The van der Waals surface area contributed by atoms with Crippen LogP contribution in [0.25, 0.3) is 0 Å². The summed E-state index contributed by atoms with van der Waals surface area (Å²) in [6.07, 6.45) is 1.09. The van der Waals surface area contributed by atoms with Gasteiger partial charge in [0, 0.05) is 13.0 Å². The number of aryl methyl sites for hydroxylation is 1. The van der Waals surface area contributed by atoms with Crippen LogP contribution in [0, 0.1) is 6.92 Å². The van der Waals surface area contributed by atoms with E-state index in [2.05, 4.69) is 5.32 Å². The van der Waals surface area contributed by atoms with E-state index >= 15 is 0 Å². The molecule has 1 aromatic carbocycles. The molecule has 1 aliphatic heterocycles. The first-order valence-corrected chi connectivity index (χ1v) is 9.08. The van der Waals surface area contributed by atoms with Crippen molar-refractivity contribution >= 4 is 24.2 Å². The molecule has 1 unspecified atom stereocenters. The maximum Gasteiger partial charge on any atom is 0.344 e. The van der Waals surface area contributed by atoms with Crippen molar-refractivity contribution in [3.8, 4) is 5.75 Å². The zero-order chi connectivity index (χ0) is 20.9. The molecule has 1 aliphatic rings. The van der Waals surface area contributed by atoms with Crippen molar-refractivity contribution in [3.63, 3.8) is 0 Å². The van der Waals surface area contributed by atoms with Crippen LogP contribution in [0.4, 0.5) is 0 Å². The summed E-state index contributed by atoms with van der Waals surface area (Å²) in [5, 5.41) is 2.25. The van der Waals surface area contributed by atoms with Gasteiger partial charge in [0.15, 0.2) is 6.61 Å². The third-order valence-electron chi connectivity index (χ3n) is 4.20. The van der Waals surface area contributed by atoms with Crippen molar-refractivity contribution in [1.82, 2.24) is 10.2 Å². The number of benzene rings is 1. The highest BCUT2D eigenvalue weighted by Gasteiger charge is 2.31. The molecule has 1 N–H and O–H groups in total. The second-order valence-electron chi connectivity index (χ2n) is 7.71. The maximum absolute atomic E-state index is 12.0. The van der Waals surface area contributed by atoms with E-state index in [0.29, 0.717) is 12.2 Å². The second-order valence-corrected chi connectivity index (χ2v) is 7.71. The number of hydrogen-bond donors (Lipinski definition) is 1. The number of hydrogen-bond acceptors (Lipinski definition) is 6. The Morgan fingerprint density at radius 3 is 2.64 bits per heavy atom. The van der Waals surface area contributed by atoms with Crippen LogP contribution in [0.5, 0.6) is 5.75 Å². The lowest BCUT2D eigenvalue weighted by Gasteiger charge is -2.30. The molecule has 0 aromatic heterocycles. The second kappa shape index (κ2) is 8.86. The van der Waals surface area contributed by atoms with Crippen molar-refractivity contribution in [1.29, 1.82) is 0 Å². The monoisotopic (exact) mass is 390 g/mol. The summed E-state index contributed by atoms with van der Waals surface area (Å²) < 4.78 is 10.7. The fourth-order valence-electron chi connectivity index (χ4n) is 2.84. The maximum atomic E-state index is 12.0. The van der Waals surface area contributed by atoms with Gasteiger partial charge in [-0.3, -0.25) is 19.7 Å². The van der Waals surface area contributed by atoms with E-state index in [9.17, 15) is 19.2 Å². The molecule has 1 heterocycles. The highest BCUT2D eigenvalue weighted by molar-refractivity contribution is 6.00. The normalized spacial score (nSPS) is 16.9.